The number of aromatic carboxylic acids is 1. The van der Waals surface area contributed by atoms with Crippen molar-refractivity contribution in [2.45, 2.75) is 103 Å². The number of rotatable bonds is 7. The predicted molar refractivity (Wildman–Crippen MR) is 147 cm³/mol. The molecule has 2 aromatic rings. The summed E-state index contributed by atoms with van der Waals surface area (Å²) in [6.45, 7) is 16.2. The summed E-state index contributed by atoms with van der Waals surface area (Å²) in [4.78, 5) is 30.8. The number of pyridine rings is 1. The van der Waals surface area contributed by atoms with Crippen molar-refractivity contribution in [3.8, 4) is 0 Å². The standard InChI is InChI=1S/C29H41FN2O5Si/c1-28(2,3)36-27(35)32-23(15-19-9-11-20(12-10-19)26(33)34)13-14-24(32)25(21-16-22(30)18-31-17-21)37-38(7,8)29(4,5)6/h9-12,16-18,23-25H,13-15H2,1-8H3,(H,33,34). The fourth-order valence-corrected chi connectivity index (χ4v) is 5.79. The fraction of sp³-hybridized carbons (Fsp3) is 0.552. The number of hydrogen-bond donors (Lipinski definition) is 1. The van der Waals surface area contributed by atoms with Gasteiger partial charge in [-0.1, -0.05) is 32.9 Å². The Labute approximate surface area is 226 Å². The molecule has 9 heteroatoms. The summed E-state index contributed by atoms with van der Waals surface area (Å²) in [5, 5.41) is 9.14. The number of aromatic nitrogens is 1. The van der Waals surface area contributed by atoms with Crippen LogP contribution < -0.4 is 0 Å². The van der Waals surface area contributed by atoms with Crippen molar-refractivity contribution in [3.63, 3.8) is 0 Å². The van der Waals surface area contributed by atoms with Crippen LogP contribution in [0.25, 0.3) is 0 Å². The molecule has 3 rings (SSSR count). The predicted octanol–water partition coefficient (Wildman–Crippen LogP) is 6.99. The molecule has 2 heterocycles. The summed E-state index contributed by atoms with van der Waals surface area (Å²) in [6.07, 6.45) is 3.64. The first-order valence-corrected chi connectivity index (χ1v) is 16.0. The zero-order chi connectivity index (χ0) is 28.5. The van der Waals surface area contributed by atoms with E-state index in [1.54, 1.807) is 35.4 Å². The zero-order valence-electron chi connectivity index (χ0n) is 23.7. The SMILES string of the molecule is CC(C)(C)OC(=O)N1C(Cc2ccc(C(=O)O)cc2)CCC1C(O[Si](C)(C)C(C)(C)C)c1cncc(F)c1. The average molecular weight is 545 g/mol. The van der Waals surface area contributed by atoms with Crippen molar-refractivity contribution in [2.24, 2.45) is 0 Å². The lowest BCUT2D eigenvalue weighted by molar-refractivity contribution is -0.00247. The second-order valence-electron chi connectivity index (χ2n) is 12.6. The smallest absolute Gasteiger partial charge is 0.410 e. The highest BCUT2D eigenvalue weighted by Crippen LogP contribution is 2.44. The molecule has 1 aromatic heterocycles. The quantitative estimate of drug-likeness (QED) is 0.378. The van der Waals surface area contributed by atoms with E-state index in [0.29, 0.717) is 24.8 Å². The van der Waals surface area contributed by atoms with Gasteiger partial charge in [-0.25, -0.2) is 14.0 Å². The molecule has 208 valence electrons. The Morgan fingerprint density at radius 2 is 1.74 bits per heavy atom. The summed E-state index contributed by atoms with van der Waals surface area (Å²) in [7, 11) is -2.34. The number of carboxylic acid groups (broad SMARTS) is 1. The van der Waals surface area contributed by atoms with Crippen molar-refractivity contribution in [1.82, 2.24) is 9.88 Å². The second kappa shape index (κ2) is 11.1. The molecule has 0 aliphatic carbocycles. The van der Waals surface area contributed by atoms with E-state index in [4.69, 9.17) is 9.16 Å². The number of carbonyl (C=O) groups excluding carboxylic acids is 1. The van der Waals surface area contributed by atoms with Gasteiger partial charge in [-0.2, -0.15) is 0 Å². The van der Waals surface area contributed by atoms with Gasteiger partial charge in [-0.3, -0.25) is 9.88 Å². The topological polar surface area (TPSA) is 89.0 Å². The molecule has 1 aromatic carbocycles. The molecule has 0 radical (unpaired) electrons. The van der Waals surface area contributed by atoms with Crippen LogP contribution in [0.3, 0.4) is 0 Å². The highest BCUT2D eigenvalue weighted by molar-refractivity contribution is 6.74. The first kappa shape index (κ1) is 29.8. The number of ether oxygens (including phenoxy) is 1. The monoisotopic (exact) mass is 544 g/mol. The van der Waals surface area contributed by atoms with Crippen LogP contribution in [-0.4, -0.2) is 53.1 Å². The van der Waals surface area contributed by atoms with E-state index in [1.807, 2.05) is 20.8 Å². The number of hydrogen-bond acceptors (Lipinski definition) is 5. The van der Waals surface area contributed by atoms with Crippen molar-refractivity contribution in [3.05, 3.63) is 65.2 Å². The highest BCUT2D eigenvalue weighted by atomic mass is 28.4. The van der Waals surface area contributed by atoms with Crippen LogP contribution in [-0.2, 0) is 15.6 Å². The van der Waals surface area contributed by atoms with Crippen LogP contribution in [0.15, 0.2) is 42.7 Å². The number of carbonyl (C=O) groups is 2. The average Bonchev–Trinajstić information content (AvgIpc) is 3.19. The summed E-state index contributed by atoms with van der Waals surface area (Å²) < 4.78 is 27.1. The maximum Gasteiger partial charge on any atom is 0.410 e. The second-order valence-corrected chi connectivity index (χ2v) is 17.4. The Morgan fingerprint density at radius 3 is 2.26 bits per heavy atom. The number of halogens is 1. The fourth-order valence-electron chi connectivity index (χ4n) is 4.51. The van der Waals surface area contributed by atoms with Crippen molar-refractivity contribution in [1.29, 1.82) is 0 Å². The lowest BCUT2D eigenvalue weighted by atomic mass is 10.0. The van der Waals surface area contributed by atoms with Gasteiger partial charge in [0.2, 0.25) is 0 Å². The molecule has 0 saturated carbocycles. The maximum absolute atomic E-state index is 14.4. The van der Waals surface area contributed by atoms with Crippen LogP contribution in [0.4, 0.5) is 9.18 Å². The van der Waals surface area contributed by atoms with E-state index in [1.165, 1.54) is 6.07 Å². The summed E-state index contributed by atoms with van der Waals surface area (Å²) >= 11 is 0. The third-order valence-electron chi connectivity index (χ3n) is 7.45. The maximum atomic E-state index is 14.4. The molecule has 1 N–H and O–H groups in total. The molecule has 3 atom stereocenters. The van der Waals surface area contributed by atoms with Gasteiger partial charge in [-0.05, 0) is 81.9 Å². The van der Waals surface area contributed by atoms with Gasteiger partial charge in [0.1, 0.15) is 11.4 Å². The lowest BCUT2D eigenvalue weighted by Crippen LogP contribution is -2.50. The van der Waals surface area contributed by atoms with E-state index in [2.05, 4.69) is 38.8 Å². The minimum Gasteiger partial charge on any atom is -0.478 e. The van der Waals surface area contributed by atoms with Crippen LogP contribution in [0.1, 0.15) is 82.0 Å². The number of carboxylic acids is 1. The molecule has 1 amide bonds. The molecular weight excluding hydrogens is 503 g/mol. The molecular formula is C29H41FN2O5Si. The Balaban J connectivity index is 2.02. The van der Waals surface area contributed by atoms with Crippen molar-refractivity contribution >= 4 is 20.4 Å². The molecule has 1 aliphatic rings. The van der Waals surface area contributed by atoms with Gasteiger partial charge >= 0.3 is 12.1 Å². The Hall–Kier alpha value is -2.78. The van der Waals surface area contributed by atoms with Crippen LogP contribution in [0, 0.1) is 5.82 Å². The van der Waals surface area contributed by atoms with E-state index >= 15 is 0 Å². The zero-order valence-corrected chi connectivity index (χ0v) is 24.7. The van der Waals surface area contributed by atoms with E-state index < -0.39 is 37.9 Å². The van der Waals surface area contributed by atoms with Crippen molar-refractivity contribution < 1.29 is 28.2 Å². The van der Waals surface area contributed by atoms with E-state index in [0.717, 1.165) is 11.8 Å². The molecule has 3 unspecified atom stereocenters. The minimum atomic E-state index is -2.34. The third-order valence-corrected chi connectivity index (χ3v) is 11.9. The van der Waals surface area contributed by atoms with Crippen LogP contribution in [0.2, 0.25) is 18.1 Å². The normalized spacial score (nSPS) is 19.3. The van der Waals surface area contributed by atoms with E-state index in [-0.39, 0.29) is 22.7 Å². The Morgan fingerprint density at radius 1 is 1.11 bits per heavy atom. The first-order valence-electron chi connectivity index (χ1n) is 13.1. The number of nitrogens with zero attached hydrogens (tertiary/aromatic N) is 2. The van der Waals surface area contributed by atoms with Gasteiger partial charge in [0.15, 0.2) is 8.32 Å². The highest BCUT2D eigenvalue weighted by Gasteiger charge is 2.47. The first-order chi connectivity index (χ1) is 17.5. The third kappa shape index (κ3) is 7.20. The lowest BCUT2D eigenvalue weighted by Gasteiger charge is -2.43. The largest absolute Gasteiger partial charge is 0.478 e. The summed E-state index contributed by atoms with van der Waals surface area (Å²) in [5.41, 5.74) is 1.03. The van der Waals surface area contributed by atoms with Gasteiger partial charge in [0.05, 0.1) is 23.9 Å². The number of amides is 1. The summed E-state index contributed by atoms with van der Waals surface area (Å²) in [6, 6.07) is 7.57. The molecule has 0 bridgehead atoms. The van der Waals surface area contributed by atoms with Gasteiger partial charge in [0, 0.05) is 17.8 Å². The molecule has 0 spiro atoms. The minimum absolute atomic E-state index is 0.105. The molecule has 1 aliphatic heterocycles. The van der Waals surface area contributed by atoms with Crippen molar-refractivity contribution in [2.75, 3.05) is 0 Å². The number of benzene rings is 1. The van der Waals surface area contributed by atoms with Gasteiger partial charge in [-0.15, -0.1) is 0 Å². The van der Waals surface area contributed by atoms with Crippen LogP contribution >= 0.6 is 0 Å². The van der Waals surface area contributed by atoms with Gasteiger partial charge < -0.3 is 14.3 Å². The summed E-state index contributed by atoms with van der Waals surface area (Å²) in [5.74, 6) is -1.44. The Bertz CT molecular complexity index is 1140. The molecule has 38 heavy (non-hydrogen) atoms. The Kier molecular flexibility index (Phi) is 8.73. The number of likely N-dealkylation sites (tertiary alicyclic amines) is 1. The molecule has 7 nitrogen and oxygen atoms in total. The molecule has 1 saturated heterocycles. The van der Waals surface area contributed by atoms with Crippen LogP contribution in [0.5, 0.6) is 0 Å². The molecule has 1 fully saturated rings. The van der Waals surface area contributed by atoms with Gasteiger partial charge in [0.25, 0.3) is 0 Å². The van der Waals surface area contributed by atoms with E-state index in [9.17, 15) is 19.1 Å².